The van der Waals surface area contributed by atoms with Crippen molar-refractivity contribution in [3.8, 4) is 5.75 Å². The van der Waals surface area contributed by atoms with Gasteiger partial charge in [-0.05, 0) is 29.3 Å². The van der Waals surface area contributed by atoms with Crippen LogP contribution in [0, 0.1) is 6.92 Å². The molecule has 1 N–H and O–H groups in total. The van der Waals surface area contributed by atoms with Crippen molar-refractivity contribution >= 4 is 16.7 Å². The highest BCUT2D eigenvalue weighted by molar-refractivity contribution is 5.98. The third-order valence-corrected chi connectivity index (χ3v) is 2.40. The summed E-state index contributed by atoms with van der Waals surface area (Å²) in [6.45, 7) is 1.84. The van der Waals surface area contributed by atoms with Crippen molar-refractivity contribution in [1.82, 2.24) is 0 Å². The first-order valence-electron chi connectivity index (χ1n) is 4.53. The van der Waals surface area contributed by atoms with E-state index in [9.17, 15) is 9.90 Å². The molecule has 0 saturated carbocycles. The molecule has 2 aromatic carbocycles. The molecule has 2 aromatic rings. The van der Waals surface area contributed by atoms with Gasteiger partial charge in [-0.2, -0.15) is 0 Å². The lowest BCUT2D eigenvalue weighted by molar-refractivity contribution is -0.265. The molecule has 0 aliphatic rings. The molecule has 0 amide bonds. The monoisotopic (exact) mass is 201 g/mol. The highest BCUT2D eigenvalue weighted by atomic mass is 16.4. The van der Waals surface area contributed by atoms with Crippen LogP contribution in [-0.2, 0) is 0 Å². The van der Waals surface area contributed by atoms with Gasteiger partial charge in [-0.3, -0.25) is 0 Å². The van der Waals surface area contributed by atoms with E-state index >= 15 is 0 Å². The minimum atomic E-state index is -1.07. The van der Waals surface area contributed by atoms with E-state index in [1.54, 1.807) is 6.07 Å². The zero-order chi connectivity index (χ0) is 11.0. The Hall–Kier alpha value is -2.03. The van der Waals surface area contributed by atoms with E-state index in [1.807, 2.05) is 19.1 Å². The quantitative estimate of drug-likeness (QED) is 0.766. The zero-order valence-corrected chi connectivity index (χ0v) is 8.15. The van der Waals surface area contributed by atoms with Crippen molar-refractivity contribution in [1.29, 1.82) is 0 Å². The largest absolute Gasteiger partial charge is 0.872 e. The van der Waals surface area contributed by atoms with Gasteiger partial charge in [0.15, 0.2) is 0 Å². The molecule has 0 heterocycles. The fourth-order valence-electron chi connectivity index (χ4n) is 1.69. The number of carboxylic acid groups (broad SMARTS) is 1. The molecule has 76 valence electrons. The standard InChI is InChI=1S/C12H10O3/c1-7-3-2-4-8-5-9(12(14)15)6-10(13)11(7)8/h2-6,13H,1H3,(H,14,15)/p-1. The average Bonchev–Trinajstić information content (AvgIpc) is 2.17. The molecule has 0 unspecified atom stereocenters. The summed E-state index contributed by atoms with van der Waals surface area (Å²) in [6, 6.07) is 8.08. The number of carbonyl (C=O) groups is 1. The molecule has 0 aliphatic heterocycles. The van der Waals surface area contributed by atoms with E-state index < -0.39 is 5.97 Å². The number of hydrogen-bond acceptors (Lipinski definition) is 2. The van der Waals surface area contributed by atoms with E-state index in [1.165, 1.54) is 6.07 Å². The van der Waals surface area contributed by atoms with Crippen LogP contribution in [0.1, 0.15) is 15.9 Å². The first kappa shape index (κ1) is 9.52. The molecule has 2 rings (SSSR count). The highest BCUT2D eigenvalue weighted by Crippen LogP contribution is 2.27. The summed E-state index contributed by atoms with van der Waals surface area (Å²) in [4.78, 5) is 10.7. The number of aryl methyl sites for hydroxylation is 1. The second-order valence-electron chi connectivity index (χ2n) is 3.45. The molecular formula is C12H9O3-. The van der Waals surface area contributed by atoms with Gasteiger partial charge in [0.25, 0.3) is 0 Å². The lowest BCUT2D eigenvalue weighted by atomic mass is 10.0. The maximum absolute atomic E-state index is 11.7. The summed E-state index contributed by atoms with van der Waals surface area (Å²) in [5.41, 5.74) is 0.910. The van der Waals surface area contributed by atoms with Gasteiger partial charge in [-0.1, -0.05) is 30.0 Å². The summed E-state index contributed by atoms with van der Waals surface area (Å²) in [6.07, 6.45) is 0. The van der Waals surface area contributed by atoms with Crippen molar-refractivity contribution in [3.63, 3.8) is 0 Å². The van der Waals surface area contributed by atoms with Crippen LogP contribution in [0.3, 0.4) is 0 Å². The number of benzene rings is 2. The van der Waals surface area contributed by atoms with E-state index in [2.05, 4.69) is 0 Å². The Balaban J connectivity index is 2.84. The summed E-state index contributed by atoms with van der Waals surface area (Å²) in [7, 11) is 0. The fourth-order valence-corrected chi connectivity index (χ4v) is 1.69. The van der Waals surface area contributed by atoms with Crippen LogP contribution in [0.5, 0.6) is 5.75 Å². The van der Waals surface area contributed by atoms with E-state index in [4.69, 9.17) is 5.11 Å². The van der Waals surface area contributed by atoms with Crippen LogP contribution in [0.4, 0.5) is 0 Å². The molecule has 0 radical (unpaired) electrons. The minimum absolute atomic E-state index is 0.0399. The van der Waals surface area contributed by atoms with E-state index in [0.717, 1.165) is 11.6 Å². The second kappa shape index (κ2) is 3.28. The molecule has 3 nitrogen and oxygen atoms in total. The Labute approximate surface area is 86.6 Å². The van der Waals surface area contributed by atoms with Crippen LogP contribution in [0.2, 0.25) is 0 Å². The van der Waals surface area contributed by atoms with Gasteiger partial charge in [0.2, 0.25) is 0 Å². The zero-order valence-electron chi connectivity index (χ0n) is 8.15. The van der Waals surface area contributed by atoms with E-state index in [0.29, 0.717) is 10.8 Å². The highest BCUT2D eigenvalue weighted by Gasteiger charge is 2.05. The van der Waals surface area contributed by atoms with Crippen LogP contribution in [0.15, 0.2) is 30.3 Å². The lowest BCUT2D eigenvalue weighted by Crippen LogP contribution is -2.00. The third-order valence-electron chi connectivity index (χ3n) is 2.40. The van der Waals surface area contributed by atoms with Crippen molar-refractivity contribution < 1.29 is 15.0 Å². The molecule has 0 saturated heterocycles. The Morgan fingerprint density at radius 1 is 1.33 bits per heavy atom. The molecule has 0 aromatic heterocycles. The van der Waals surface area contributed by atoms with Crippen molar-refractivity contribution in [3.05, 3.63) is 41.5 Å². The summed E-state index contributed by atoms with van der Waals surface area (Å²) in [5, 5.41) is 21.7. The Morgan fingerprint density at radius 3 is 2.73 bits per heavy atom. The normalized spacial score (nSPS) is 10.5. The van der Waals surface area contributed by atoms with Gasteiger partial charge in [0, 0.05) is 0 Å². The van der Waals surface area contributed by atoms with Crippen LogP contribution in [-0.4, -0.2) is 11.1 Å². The molecule has 0 fully saturated rings. The van der Waals surface area contributed by atoms with Crippen molar-refractivity contribution in [2.24, 2.45) is 0 Å². The Morgan fingerprint density at radius 2 is 2.07 bits per heavy atom. The first-order valence-corrected chi connectivity index (χ1v) is 4.53. The molecule has 0 spiro atoms. The predicted octanol–water partition coefficient (Wildman–Crippen LogP) is 1.92. The first-order chi connectivity index (χ1) is 7.09. The Bertz CT molecular complexity index is 544. The predicted molar refractivity (Wildman–Crippen MR) is 55.1 cm³/mol. The van der Waals surface area contributed by atoms with Crippen LogP contribution < -0.4 is 5.11 Å². The SMILES string of the molecule is Cc1cccc2cc(C(=O)O)cc([O-])c12. The second-order valence-corrected chi connectivity index (χ2v) is 3.45. The van der Waals surface area contributed by atoms with E-state index in [-0.39, 0.29) is 11.3 Å². The number of rotatable bonds is 1. The molecule has 0 atom stereocenters. The van der Waals surface area contributed by atoms with Crippen LogP contribution in [0.25, 0.3) is 10.8 Å². The van der Waals surface area contributed by atoms with Gasteiger partial charge in [0.1, 0.15) is 0 Å². The minimum Gasteiger partial charge on any atom is -0.872 e. The van der Waals surface area contributed by atoms with Crippen molar-refractivity contribution in [2.75, 3.05) is 0 Å². The summed E-state index contributed by atoms with van der Waals surface area (Å²) in [5.74, 6) is -1.31. The molecular weight excluding hydrogens is 192 g/mol. The Kier molecular flexibility index (Phi) is 2.08. The van der Waals surface area contributed by atoms with Gasteiger partial charge in [-0.25, -0.2) is 4.79 Å². The molecule has 3 heteroatoms. The van der Waals surface area contributed by atoms with Gasteiger partial charge in [-0.15, -0.1) is 0 Å². The maximum Gasteiger partial charge on any atom is 0.335 e. The summed E-state index contributed by atoms with van der Waals surface area (Å²) >= 11 is 0. The van der Waals surface area contributed by atoms with Gasteiger partial charge >= 0.3 is 5.97 Å². The molecule has 0 bridgehead atoms. The maximum atomic E-state index is 11.7. The van der Waals surface area contributed by atoms with Gasteiger partial charge in [0.05, 0.1) is 5.56 Å². The number of aromatic carboxylic acids is 1. The topological polar surface area (TPSA) is 60.4 Å². The lowest BCUT2D eigenvalue weighted by Gasteiger charge is -2.13. The summed E-state index contributed by atoms with van der Waals surface area (Å²) < 4.78 is 0. The van der Waals surface area contributed by atoms with Gasteiger partial charge < -0.3 is 10.2 Å². The fraction of sp³-hybridized carbons (Fsp3) is 0.0833. The third kappa shape index (κ3) is 1.52. The number of carboxylic acids is 1. The smallest absolute Gasteiger partial charge is 0.335 e. The van der Waals surface area contributed by atoms with Crippen molar-refractivity contribution in [2.45, 2.75) is 6.92 Å². The number of fused-ring (bicyclic) bond motifs is 1. The molecule has 0 aliphatic carbocycles. The average molecular weight is 201 g/mol. The number of hydrogen-bond donors (Lipinski definition) is 1. The van der Waals surface area contributed by atoms with Crippen LogP contribution >= 0.6 is 0 Å². The molecule has 15 heavy (non-hydrogen) atoms.